The molecule has 0 bridgehead atoms. The molecule has 0 saturated carbocycles. The normalized spacial score (nSPS) is 19.4. The van der Waals surface area contributed by atoms with Crippen LogP contribution < -0.4 is 10.2 Å². The quantitative estimate of drug-likeness (QED) is 0.690. The van der Waals surface area contributed by atoms with E-state index in [9.17, 15) is 9.59 Å². The number of rotatable bonds is 6. The first-order valence-corrected chi connectivity index (χ1v) is 12.3. The number of carbonyl (C=O) groups excluding carboxylic acids is 2. The number of ketones is 1. The molecule has 0 aliphatic carbocycles. The van der Waals surface area contributed by atoms with Crippen LogP contribution in [0.4, 0.5) is 11.4 Å². The lowest BCUT2D eigenvalue weighted by Gasteiger charge is -2.32. The molecule has 3 aliphatic heterocycles. The van der Waals surface area contributed by atoms with Crippen molar-refractivity contribution < 1.29 is 9.59 Å². The number of likely N-dealkylation sites (N-methyl/N-ethyl adjacent to an activating group) is 1. The van der Waals surface area contributed by atoms with Crippen molar-refractivity contribution >= 4 is 23.1 Å². The molecule has 0 radical (unpaired) electrons. The Morgan fingerprint density at radius 2 is 1.67 bits per heavy atom. The van der Waals surface area contributed by atoms with Crippen LogP contribution in [0.25, 0.3) is 0 Å². The van der Waals surface area contributed by atoms with Gasteiger partial charge in [0.05, 0.1) is 0 Å². The molecule has 3 aliphatic rings. The van der Waals surface area contributed by atoms with E-state index >= 15 is 0 Å². The summed E-state index contributed by atoms with van der Waals surface area (Å²) in [6, 6.07) is 12.5. The molecule has 2 aromatic carbocycles. The zero-order valence-electron chi connectivity index (χ0n) is 19.6. The topological polar surface area (TPSA) is 55.9 Å². The highest BCUT2D eigenvalue weighted by molar-refractivity contribution is 6.03. The number of fused-ring (bicyclic) bond motifs is 1. The minimum absolute atomic E-state index is 0.0683. The summed E-state index contributed by atoms with van der Waals surface area (Å²) in [7, 11) is 2.17. The molecule has 0 spiro atoms. The third kappa shape index (κ3) is 5.12. The molecule has 0 unspecified atom stereocenters. The van der Waals surface area contributed by atoms with E-state index < -0.39 is 0 Å². The zero-order chi connectivity index (χ0) is 22.8. The Labute approximate surface area is 196 Å². The first-order chi connectivity index (χ1) is 16.0. The fourth-order valence-corrected chi connectivity index (χ4v) is 5.23. The molecule has 1 amide bonds. The molecule has 1 N–H and O–H groups in total. The van der Waals surface area contributed by atoms with Crippen LogP contribution in [-0.2, 0) is 24.2 Å². The van der Waals surface area contributed by atoms with Gasteiger partial charge in [0.2, 0.25) is 5.91 Å². The Bertz CT molecular complexity index is 1040. The molecule has 2 aromatic rings. The molecule has 33 heavy (non-hydrogen) atoms. The number of aryl methyl sites for hydroxylation is 1. The number of hydrogen-bond acceptors (Lipinski definition) is 5. The van der Waals surface area contributed by atoms with E-state index in [1.54, 1.807) is 0 Å². The van der Waals surface area contributed by atoms with Crippen molar-refractivity contribution in [3.8, 4) is 0 Å². The first-order valence-electron chi connectivity index (χ1n) is 12.3. The van der Waals surface area contributed by atoms with Crippen molar-refractivity contribution in [1.82, 2.24) is 9.80 Å². The average molecular weight is 447 g/mol. The van der Waals surface area contributed by atoms with E-state index in [0.717, 1.165) is 80.3 Å². The number of piperazine rings is 1. The van der Waals surface area contributed by atoms with Crippen LogP contribution >= 0.6 is 0 Å². The lowest BCUT2D eigenvalue weighted by molar-refractivity contribution is -0.116. The Morgan fingerprint density at radius 1 is 0.909 bits per heavy atom. The smallest absolute Gasteiger partial charge is 0.224 e. The minimum Gasteiger partial charge on any atom is -0.371 e. The van der Waals surface area contributed by atoms with Crippen molar-refractivity contribution in [1.29, 1.82) is 0 Å². The number of Topliss-reactive ketones (excluding diaryl/α,β-unsaturated/α-hetero) is 1. The average Bonchev–Trinajstić information content (AvgIpc) is 3.35. The summed E-state index contributed by atoms with van der Waals surface area (Å²) in [6.07, 6.45) is 4.01. The second-order valence-corrected chi connectivity index (χ2v) is 9.76. The van der Waals surface area contributed by atoms with Gasteiger partial charge in [-0.1, -0.05) is 18.2 Å². The lowest BCUT2D eigenvalue weighted by Crippen LogP contribution is -2.43. The summed E-state index contributed by atoms with van der Waals surface area (Å²) in [4.78, 5) is 32.5. The van der Waals surface area contributed by atoms with Gasteiger partial charge >= 0.3 is 0 Å². The number of benzene rings is 2. The maximum atomic E-state index is 13.6. The summed E-state index contributed by atoms with van der Waals surface area (Å²) in [5.41, 5.74) is 6.20. The van der Waals surface area contributed by atoms with Crippen LogP contribution in [0.3, 0.4) is 0 Å². The van der Waals surface area contributed by atoms with E-state index in [-0.39, 0.29) is 11.7 Å². The van der Waals surface area contributed by atoms with Crippen LogP contribution in [0.5, 0.6) is 0 Å². The van der Waals surface area contributed by atoms with Crippen molar-refractivity contribution in [2.45, 2.75) is 38.6 Å². The largest absolute Gasteiger partial charge is 0.371 e. The fraction of sp³-hybridized carbons (Fsp3) is 0.481. The number of nitrogens with zero attached hydrogens (tertiary/aromatic N) is 3. The molecule has 0 aromatic heterocycles. The molecule has 174 valence electrons. The van der Waals surface area contributed by atoms with Crippen LogP contribution in [0.1, 0.15) is 46.3 Å². The predicted molar refractivity (Wildman–Crippen MR) is 132 cm³/mol. The Morgan fingerprint density at radius 3 is 2.45 bits per heavy atom. The van der Waals surface area contributed by atoms with Crippen molar-refractivity contribution in [2.75, 3.05) is 56.5 Å². The molecular formula is C27H34N4O2. The lowest BCUT2D eigenvalue weighted by atomic mass is 9.95. The van der Waals surface area contributed by atoms with Crippen molar-refractivity contribution in [3.05, 3.63) is 58.7 Å². The SMILES string of the molecule is CN1CCN(Cc2ccc(N3CCCC3)c(C(=O)Cc3ccc4c(c3)CCC(=O)N4)c2)CC1. The molecule has 2 saturated heterocycles. The van der Waals surface area contributed by atoms with Gasteiger partial charge in [-0.15, -0.1) is 0 Å². The van der Waals surface area contributed by atoms with Gasteiger partial charge in [-0.05, 0) is 61.2 Å². The molecule has 6 heteroatoms. The van der Waals surface area contributed by atoms with Crippen LogP contribution in [0.2, 0.25) is 0 Å². The third-order valence-corrected chi connectivity index (χ3v) is 7.24. The maximum absolute atomic E-state index is 13.6. The number of nitrogens with one attached hydrogen (secondary N) is 1. The van der Waals surface area contributed by atoms with Gasteiger partial charge in [-0.2, -0.15) is 0 Å². The van der Waals surface area contributed by atoms with Gasteiger partial charge < -0.3 is 15.1 Å². The van der Waals surface area contributed by atoms with Gasteiger partial charge in [-0.25, -0.2) is 0 Å². The molecular weight excluding hydrogens is 412 g/mol. The fourth-order valence-electron chi connectivity index (χ4n) is 5.23. The first kappa shape index (κ1) is 22.1. The number of carbonyl (C=O) groups is 2. The number of hydrogen-bond donors (Lipinski definition) is 1. The molecule has 2 fully saturated rings. The Hall–Kier alpha value is -2.70. The van der Waals surface area contributed by atoms with Crippen LogP contribution in [0.15, 0.2) is 36.4 Å². The van der Waals surface area contributed by atoms with Gasteiger partial charge in [0, 0.05) is 75.6 Å². The summed E-state index contributed by atoms with van der Waals surface area (Å²) >= 11 is 0. The summed E-state index contributed by atoms with van der Waals surface area (Å²) < 4.78 is 0. The molecule has 5 rings (SSSR count). The number of anilines is 2. The van der Waals surface area contributed by atoms with E-state index in [1.165, 1.54) is 18.4 Å². The standard InChI is InChI=1S/C27H34N4O2/c1-29-12-14-30(15-13-29)19-21-5-8-25(31-10-2-3-11-31)23(17-21)26(32)18-20-4-7-24-22(16-20)6-9-27(33)28-24/h4-5,7-8,16-17H,2-3,6,9-15,18-19H2,1H3,(H,28,33). The van der Waals surface area contributed by atoms with E-state index in [0.29, 0.717) is 12.8 Å². The zero-order valence-corrected chi connectivity index (χ0v) is 19.6. The molecule has 0 atom stereocenters. The van der Waals surface area contributed by atoms with E-state index in [1.807, 2.05) is 12.1 Å². The summed E-state index contributed by atoms with van der Waals surface area (Å²) in [5.74, 6) is 0.246. The second kappa shape index (κ2) is 9.65. The molecule has 6 nitrogen and oxygen atoms in total. The van der Waals surface area contributed by atoms with E-state index in [2.05, 4.69) is 51.3 Å². The van der Waals surface area contributed by atoms with Gasteiger partial charge in [0.25, 0.3) is 0 Å². The molecule has 3 heterocycles. The minimum atomic E-state index is 0.0683. The van der Waals surface area contributed by atoms with Crippen molar-refractivity contribution in [2.24, 2.45) is 0 Å². The second-order valence-electron chi connectivity index (χ2n) is 9.76. The van der Waals surface area contributed by atoms with Crippen LogP contribution in [-0.4, -0.2) is 67.8 Å². The van der Waals surface area contributed by atoms with Gasteiger partial charge in [-0.3, -0.25) is 14.5 Å². The Kier molecular flexibility index (Phi) is 6.47. The summed E-state index contributed by atoms with van der Waals surface area (Å²) in [5, 5.41) is 2.93. The van der Waals surface area contributed by atoms with Crippen molar-refractivity contribution in [3.63, 3.8) is 0 Å². The Balaban J connectivity index is 1.37. The summed E-state index contributed by atoms with van der Waals surface area (Å²) in [6.45, 7) is 7.27. The predicted octanol–water partition coefficient (Wildman–Crippen LogP) is 3.34. The van der Waals surface area contributed by atoms with E-state index in [4.69, 9.17) is 0 Å². The number of amides is 1. The third-order valence-electron chi connectivity index (χ3n) is 7.24. The van der Waals surface area contributed by atoms with Gasteiger partial charge in [0.15, 0.2) is 5.78 Å². The highest BCUT2D eigenvalue weighted by Crippen LogP contribution is 2.29. The monoisotopic (exact) mass is 446 g/mol. The van der Waals surface area contributed by atoms with Gasteiger partial charge in [0.1, 0.15) is 0 Å². The maximum Gasteiger partial charge on any atom is 0.224 e. The highest BCUT2D eigenvalue weighted by atomic mass is 16.1. The van der Waals surface area contributed by atoms with Crippen LogP contribution in [0, 0.1) is 0 Å². The highest BCUT2D eigenvalue weighted by Gasteiger charge is 2.22.